The Bertz CT molecular complexity index is 1270. The van der Waals surface area contributed by atoms with Crippen molar-refractivity contribution in [2.75, 3.05) is 18.4 Å². The number of ether oxygens (including phenoxy) is 1. The summed E-state index contributed by atoms with van der Waals surface area (Å²) in [4.78, 5) is 19.0. The zero-order valence-electron chi connectivity index (χ0n) is 18.8. The van der Waals surface area contributed by atoms with Crippen LogP contribution in [0, 0.1) is 6.92 Å². The number of nitrogens with one attached hydrogen (secondary N) is 1. The molecule has 0 atom stereocenters. The summed E-state index contributed by atoms with van der Waals surface area (Å²) in [5.41, 5.74) is 4.35. The number of aryl methyl sites for hydroxylation is 1. The first-order valence-corrected chi connectivity index (χ1v) is 11.2. The van der Waals surface area contributed by atoms with E-state index in [1.807, 2.05) is 6.08 Å². The summed E-state index contributed by atoms with van der Waals surface area (Å²) >= 11 is 0. The van der Waals surface area contributed by atoms with Gasteiger partial charge in [-0.15, -0.1) is 23.4 Å². The highest BCUT2D eigenvalue weighted by Crippen LogP contribution is 2.44. The molecular formula is C24H22F3N5O3. The van der Waals surface area contributed by atoms with Crippen LogP contribution < -0.4 is 10.1 Å². The van der Waals surface area contributed by atoms with Crippen molar-refractivity contribution in [3.8, 4) is 17.2 Å². The second-order valence-electron chi connectivity index (χ2n) is 8.49. The van der Waals surface area contributed by atoms with Crippen molar-refractivity contribution >= 4 is 17.3 Å². The third-order valence-electron chi connectivity index (χ3n) is 5.85. The minimum Gasteiger partial charge on any atom is -0.421 e. The Labute approximate surface area is 198 Å². The lowest BCUT2D eigenvalue weighted by Crippen LogP contribution is -2.38. The number of aromatic nitrogens is 3. The molecule has 0 radical (unpaired) electrons. The van der Waals surface area contributed by atoms with Gasteiger partial charge in [0.1, 0.15) is 5.75 Å². The van der Waals surface area contributed by atoms with Gasteiger partial charge < -0.3 is 19.4 Å². The smallest absolute Gasteiger partial charge is 0.421 e. The molecule has 0 spiro atoms. The number of pyridine rings is 1. The van der Waals surface area contributed by atoms with Crippen LogP contribution >= 0.6 is 0 Å². The summed E-state index contributed by atoms with van der Waals surface area (Å²) in [6.45, 7) is 2.63. The molecule has 182 valence electrons. The van der Waals surface area contributed by atoms with Gasteiger partial charge in [0, 0.05) is 31.9 Å². The van der Waals surface area contributed by atoms with E-state index >= 15 is 0 Å². The average molecular weight is 485 g/mol. The topological polar surface area (TPSA) is 93.4 Å². The lowest BCUT2D eigenvalue weighted by Gasteiger charge is -2.27. The van der Waals surface area contributed by atoms with Gasteiger partial charge in [0.25, 0.3) is 0 Å². The maximum Gasteiger partial charge on any atom is 0.573 e. The molecule has 3 heterocycles. The maximum absolute atomic E-state index is 12.6. The Morgan fingerprint density at radius 3 is 2.57 bits per heavy atom. The molecule has 1 aliphatic heterocycles. The van der Waals surface area contributed by atoms with Gasteiger partial charge in [0.05, 0.1) is 11.3 Å². The van der Waals surface area contributed by atoms with Crippen LogP contribution in [0.1, 0.15) is 42.3 Å². The second kappa shape index (κ2) is 9.05. The van der Waals surface area contributed by atoms with Crippen molar-refractivity contribution in [2.24, 2.45) is 0 Å². The summed E-state index contributed by atoms with van der Waals surface area (Å²) in [5, 5.41) is 10.7. The van der Waals surface area contributed by atoms with E-state index in [-0.39, 0.29) is 11.8 Å². The number of rotatable bonds is 5. The number of halogens is 3. The van der Waals surface area contributed by atoms with Crippen LogP contribution in [0.2, 0.25) is 0 Å². The molecule has 3 aromatic rings. The third kappa shape index (κ3) is 5.44. The fraction of sp³-hybridized carbons (Fsp3) is 0.333. The Hall–Kier alpha value is -3.89. The van der Waals surface area contributed by atoms with Gasteiger partial charge in [-0.05, 0) is 66.6 Å². The maximum atomic E-state index is 12.6. The van der Waals surface area contributed by atoms with Gasteiger partial charge in [-0.3, -0.25) is 4.98 Å². The first-order chi connectivity index (χ1) is 16.7. The Kier molecular flexibility index (Phi) is 5.91. The van der Waals surface area contributed by atoms with Crippen molar-refractivity contribution in [1.29, 1.82) is 0 Å². The number of carbonyl (C=O) groups excluding carboxylic acids is 1. The molecule has 1 fully saturated rings. The molecule has 0 saturated heterocycles. The SMILES string of the molecule is Cc1nnc(-c2cnc(C3=CCN(C(=O)Nc4ccc(OC(F)(F)F)cc4)CC3)c(C3CC3)c2)o1. The van der Waals surface area contributed by atoms with Gasteiger partial charge in [-0.2, -0.15) is 0 Å². The molecule has 2 amide bonds. The molecule has 11 heteroatoms. The molecule has 8 nitrogen and oxygen atoms in total. The number of alkyl halides is 3. The van der Waals surface area contributed by atoms with Gasteiger partial charge >= 0.3 is 12.4 Å². The van der Waals surface area contributed by atoms with Gasteiger partial charge in [-0.25, -0.2) is 4.79 Å². The normalized spacial score (nSPS) is 16.1. The summed E-state index contributed by atoms with van der Waals surface area (Å²) < 4.78 is 46.3. The largest absolute Gasteiger partial charge is 0.573 e. The van der Waals surface area contributed by atoms with Crippen LogP contribution in [0.4, 0.5) is 23.7 Å². The molecule has 2 aromatic heterocycles. The summed E-state index contributed by atoms with van der Waals surface area (Å²) in [7, 11) is 0. The Balaban J connectivity index is 1.25. The molecule has 1 saturated carbocycles. The lowest BCUT2D eigenvalue weighted by atomic mass is 9.96. The quantitative estimate of drug-likeness (QED) is 0.510. The van der Waals surface area contributed by atoms with E-state index in [4.69, 9.17) is 9.40 Å². The number of anilines is 1. The van der Waals surface area contributed by atoms with Gasteiger partial charge in [0.15, 0.2) is 0 Å². The van der Waals surface area contributed by atoms with E-state index < -0.39 is 6.36 Å². The van der Waals surface area contributed by atoms with E-state index in [1.165, 1.54) is 12.1 Å². The van der Waals surface area contributed by atoms with Crippen LogP contribution in [-0.4, -0.2) is 45.6 Å². The molecule has 0 unspecified atom stereocenters. The van der Waals surface area contributed by atoms with E-state index in [2.05, 4.69) is 26.3 Å². The van der Waals surface area contributed by atoms with Crippen LogP contribution in [0.15, 0.2) is 47.0 Å². The summed E-state index contributed by atoms with van der Waals surface area (Å²) in [6, 6.07) is 6.77. The van der Waals surface area contributed by atoms with Crippen molar-refractivity contribution in [1.82, 2.24) is 20.1 Å². The monoisotopic (exact) mass is 485 g/mol. The van der Waals surface area contributed by atoms with Crippen molar-refractivity contribution in [2.45, 2.75) is 38.5 Å². The fourth-order valence-electron chi connectivity index (χ4n) is 4.00. The Morgan fingerprint density at radius 1 is 1.20 bits per heavy atom. The first-order valence-electron chi connectivity index (χ1n) is 11.2. The molecular weight excluding hydrogens is 463 g/mol. The van der Waals surface area contributed by atoms with Crippen LogP contribution in [-0.2, 0) is 0 Å². The van der Waals surface area contributed by atoms with E-state index in [0.717, 1.165) is 47.4 Å². The van der Waals surface area contributed by atoms with Crippen LogP contribution in [0.3, 0.4) is 0 Å². The third-order valence-corrected chi connectivity index (χ3v) is 5.85. The number of carbonyl (C=O) groups is 1. The number of hydrogen-bond acceptors (Lipinski definition) is 6. The minimum absolute atomic E-state index is 0.331. The van der Waals surface area contributed by atoms with E-state index in [1.54, 1.807) is 18.0 Å². The lowest BCUT2D eigenvalue weighted by molar-refractivity contribution is -0.274. The number of hydrogen-bond donors (Lipinski definition) is 1. The number of urea groups is 1. The molecule has 2 aliphatic rings. The van der Waals surface area contributed by atoms with Gasteiger partial charge in [0.2, 0.25) is 11.8 Å². The molecule has 1 aliphatic carbocycles. The number of amides is 2. The number of benzene rings is 1. The predicted octanol–water partition coefficient (Wildman–Crippen LogP) is 5.54. The fourth-order valence-corrected chi connectivity index (χ4v) is 4.00. The standard InChI is InChI=1S/C24H22F3N5O3/c1-14-30-31-22(34-14)17-12-20(15-2-3-15)21(28-13-17)16-8-10-32(11-9-16)23(33)29-18-4-6-19(7-5-18)35-24(25,26)27/h4-8,12-13,15H,2-3,9-11H2,1H3,(H,29,33). The summed E-state index contributed by atoms with van der Waals surface area (Å²) in [5.74, 6) is 1.05. The van der Waals surface area contributed by atoms with Crippen LogP contribution in [0.5, 0.6) is 5.75 Å². The average Bonchev–Trinajstić information content (AvgIpc) is 3.59. The second-order valence-corrected chi connectivity index (χ2v) is 8.49. The zero-order chi connectivity index (χ0) is 24.6. The highest BCUT2D eigenvalue weighted by atomic mass is 19.4. The highest BCUT2D eigenvalue weighted by molar-refractivity contribution is 5.90. The molecule has 5 rings (SSSR count). The first kappa shape index (κ1) is 22.9. The minimum atomic E-state index is -4.76. The number of nitrogens with zero attached hydrogens (tertiary/aromatic N) is 4. The molecule has 0 bridgehead atoms. The van der Waals surface area contributed by atoms with Crippen molar-refractivity contribution in [3.63, 3.8) is 0 Å². The molecule has 1 N–H and O–H groups in total. The van der Waals surface area contributed by atoms with E-state index in [0.29, 0.717) is 42.9 Å². The van der Waals surface area contributed by atoms with Crippen molar-refractivity contribution < 1.29 is 27.1 Å². The summed E-state index contributed by atoms with van der Waals surface area (Å²) in [6.07, 6.45) is 1.82. The Morgan fingerprint density at radius 2 is 1.97 bits per heavy atom. The van der Waals surface area contributed by atoms with Crippen LogP contribution in [0.25, 0.3) is 17.0 Å². The molecule has 1 aromatic carbocycles. The highest BCUT2D eigenvalue weighted by Gasteiger charge is 2.31. The predicted molar refractivity (Wildman–Crippen MR) is 121 cm³/mol. The van der Waals surface area contributed by atoms with Gasteiger partial charge in [-0.1, -0.05) is 6.08 Å². The van der Waals surface area contributed by atoms with E-state index in [9.17, 15) is 18.0 Å². The van der Waals surface area contributed by atoms with Crippen molar-refractivity contribution in [3.05, 3.63) is 59.8 Å². The molecule has 35 heavy (non-hydrogen) atoms. The zero-order valence-corrected chi connectivity index (χ0v) is 18.8.